The van der Waals surface area contributed by atoms with Gasteiger partial charge in [-0.25, -0.2) is 0 Å². The highest BCUT2D eigenvalue weighted by Gasteiger charge is 1.84. The van der Waals surface area contributed by atoms with Crippen molar-refractivity contribution in [1.29, 1.82) is 0 Å². The molecule has 0 fully saturated rings. The summed E-state index contributed by atoms with van der Waals surface area (Å²) >= 11 is 0. The molecule has 0 aliphatic carbocycles. The van der Waals surface area contributed by atoms with Crippen LogP contribution in [0.2, 0.25) is 0 Å². The Kier molecular flexibility index (Phi) is 15.5. The van der Waals surface area contributed by atoms with Crippen molar-refractivity contribution < 1.29 is 5.11 Å². The molecule has 0 amide bonds. The van der Waals surface area contributed by atoms with Gasteiger partial charge in [-0.15, -0.1) is 0 Å². The summed E-state index contributed by atoms with van der Waals surface area (Å²) in [6.45, 7) is 6.20. The summed E-state index contributed by atoms with van der Waals surface area (Å²) in [6, 6.07) is 10.6. The predicted octanol–water partition coefficient (Wildman–Crippen LogP) is 3.27. The highest BCUT2D eigenvalue weighted by atomic mass is 16.2. The Morgan fingerprint density at radius 3 is 1.85 bits per heavy atom. The molecule has 1 heteroatoms. The van der Waals surface area contributed by atoms with Gasteiger partial charge in [0, 0.05) is 7.11 Å². The molecule has 1 aromatic rings. The minimum Gasteiger partial charge on any atom is -0.400 e. The van der Waals surface area contributed by atoms with E-state index < -0.39 is 0 Å². The Hall–Kier alpha value is -0.820. The Morgan fingerprint density at radius 2 is 1.46 bits per heavy atom. The van der Waals surface area contributed by atoms with Crippen LogP contribution in [-0.4, -0.2) is 12.2 Å². The van der Waals surface area contributed by atoms with Crippen LogP contribution >= 0.6 is 0 Å². The van der Waals surface area contributed by atoms with Crippen LogP contribution in [0.4, 0.5) is 0 Å². The van der Waals surface area contributed by atoms with E-state index in [1.54, 1.807) is 0 Å². The molecule has 1 rings (SSSR count). The third-order valence-electron chi connectivity index (χ3n) is 1.38. The number of benzene rings is 1. The molecule has 76 valence electrons. The molecule has 0 radical (unpaired) electrons. The van der Waals surface area contributed by atoms with Gasteiger partial charge in [0.1, 0.15) is 0 Å². The SMILES string of the molecule is CC.CCCc1ccccc1.CO. The molecule has 0 saturated carbocycles. The molecule has 0 aromatic heterocycles. The van der Waals surface area contributed by atoms with Gasteiger partial charge in [0.25, 0.3) is 0 Å². The lowest BCUT2D eigenvalue weighted by molar-refractivity contribution is 0.399. The standard InChI is InChI=1S/C9H12.C2H6.CH4O/c1-2-6-9-7-4-3-5-8-9;2*1-2/h3-5,7-8H,2,6H2,1H3;1-2H3;2H,1H3. The molecule has 0 spiro atoms. The van der Waals surface area contributed by atoms with E-state index in [1.807, 2.05) is 13.8 Å². The zero-order chi connectivity index (χ0) is 10.5. The van der Waals surface area contributed by atoms with E-state index in [0.717, 1.165) is 7.11 Å². The third-order valence-corrected chi connectivity index (χ3v) is 1.38. The molecule has 0 heterocycles. The van der Waals surface area contributed by atoms with E-state index in [-0.39, 0.29) is 0 Å². The van der Waals surface area contributed by atoms with Gasteiger partial charge in [0.15, 0.2) is 0 Å². The summed E-state index contributed by atoms with van der Waals surface area (Å²) in [4.78, 5) is 0. The summed E-state index contributed by atoms with van der Waals surface area (Å²) < 4.78 is 0. The van der Waals surface area contributed by atoms with Crippen LogP contribution < -0.4 is 0 Å². The molecule has 0 unspecified atom stereocenters. The van der Waals surface area contributed by atoms with Gasteiger partial charge >= 0.3 is 0 Å². The van der Waals surface area contributed by atoms with Crippen molar-refractivity contribution >= 4 is 0 Å². The second kappa shape index (κ2) is 13.7. The van der Waals surface area contributed by atoms with Crippen molar-refractivity contribution in [2.24, 2.45) is 0 Å². The highest BCUT2D eigenvalue weighted by molar-refractivity contribution is 5.14. The van der Waals surface area contributed by atoms with E-state index in [9.17, 15) is 0 Å². The number of rotatable bonds is 2. The van der Waals surface area contributed by atoms with Crippen LogP contribution in [0.15, 0.2) is 30.3 Å². The van der Waals surface area contributed by atoms with E-state index in [1.165, 1.54) is 18.4 Å². The largest absolute Gasteiger partial charge is 0.400 e. The van der Waals surface area contributed by atoms with Gasteiger partial charge in [-0.2, -0.15) is 0 Å². The van der Waals surface area contributed by atoms with Crippen molar-refractivity contribution in [3.63, 3.8) is 0 Å². The van der Waals surface area contributed by atoms with Crippen LogP contribution in [-0.2, 0) is 6.42 Å². The lowest BCUT2D eigenvalue weighted by atomic mass is 10.1. The van der Waals surface area contributed by atoms with Gasteiger partial charge in [-0.3, -0.25) is 0 Å². The number of aliphatic hydroxyl groups excluding tert-OH is 1. The third kappa shape index (κ3) is 9.09. The molecule has 1 nitrogen and oxygen atoms in total. The summed E-state index contributed by atoms with van der Waals surface area (Å²) in [5.74, 6) is 0. The Labute approximate surface area is 82.4 Å². The first-order valence-electron chi connectivity index (χ1n) is 4.92. The highest BCUT2D eigenvalue weighted by Crippen LogP contribution is 2.00. The van der Waals surface area contributed by atoms with Crippen LogP contribution in [0, 0.1) is 0 Å². The number of aryl methyl sites for hydroxylation is 1. The monoisotopic (exact) mass is 182 g/mol. The lowest BCUT2D eigenvalue weighted by Crippen LogP contribution is -1.78. The van der Waals surface area contributed by atoms with Crippen molar-refractivity contribution in [3.05, 3.63) is 35.9 Å². The fourth-order valence-electron chi connectivity index (χ4n) is 0.933. The van der Waals surface area contributed by atoms with Crippen molar-refractivity contribution in [2.75, 3.05) is 7.11 Å². The molecule has 1 N–H and O–H groups in total. The molecule has 0 aliphatic rings. The van der Waals surface area contributed by atoms with Gasteiger partial charge in [0.2, 0.25) is 0 Å². The van der Waals surface area contributed by atoms with Crippen LogP contribution in [0.5, 0.6) is 0 Å². The van der Waals surface area contributed by atoms with Crippen LogP contribution in [0.1, 0.15) is 32.8 Å². The first-order chi connectivity index (χ1) is 6.43. The second-order valence-electron chi connectivity index (χ2n) is 2.24. The molecule has 13 heavy (non-hydrogen) atoms. The van der Waals surface area contributed by atoms with E-state index in [2.05, 4.69) is 37.3 Å². The van der Waals surface area contributed by atoms with Crippen molar-refractivity contribution in [3.8, 4) is 0 Å². The smallest absolute Gasteiger partial charge is 0.0319 e. The van der Waals surface area contributed by atoms with Crippen LogP contribution in [0.25, 0.3) is 0 Å². The summed E-state index contributed by atoms with van der Waals surface area (Å²) in [7, 11) is 1.00. The fourth-order valence-corrected chi connectivity index (χ4v) is 0.933. The van der Waals surface area contributed by atoms with Gasteiger partial charge in [0.05, 0.1) is 0 Å². The van der Waals surface area contributed by atoms with Crippen LogP contribution in [0.3, 0.4) is 0 Å². The second-order valence-corrected chi connectivity index (χ2v) is 2.24. The average molecular weight is 182 g/mol. The zero-order valence-electron chi connectivity index (χ0n) is 9.25. The first kappa shape index (κ1) is 14.7. The van der Waals surface area contributed by atoms with Gasteiger partial charge in [-0.05, 0) is 12.0 Å². The Bertz CT molecular complexity index is 158. The van der Waals surface area contributed by atoms with E-state index in [4.69, 9.17) is 5.11 Å². The maximum atomic E-state index is 7.00. The van der Waals surface area contributed by atoms with Gasteiger partial charge in [-0.1, -0.05) is 57.5 Å². The molecular formula is C12H22O. The van der Waals surface area contributed by atoms with Crippen molar-refractivity contribution in [1.82, 2.24) is 0 Å². The fraction of sp³-hybridized carbons (Fsp3) is 0.500. The minimum absolute atomic E-state index is 1.00. The van der Waals surface area contributed by atoms with E-state index >= 15 is 0 Å². The van der Waals surface area contributed by atoms with Gasteiger partial charge < -0.3 is 5.11 Å². The number of aliphatic hydroxyl groups is 1. The Morgan fingerprint density at radius 1 is 1.00 bits per heavy atom. The average Bonchev–Trinajstić information content (AvgIpc) is 2.26. The molecular weight excluding hydrogens is 160 g/mol. The summed E-state index contributed by atoms with van der Waals surface area (Å²) in [5.41, 5.74) is 1.44. The first-order valence-corrected chi connectivity index (χ1v) is 4.92. The lowest BCUT2D eigenvalue weighted by Gasteiger charge is -1.93. The maximum absolute atomic E-state index is 7.00. The maximum Gasteiger partial charge on any atom is 0.0319 e. The zero-order valence-corrected chi connectivity index (χ0v) is 9.25. The van der Waals surface area contributed by atoms with E-state index in [0.29, 0.717) is 0 Å². The minimum atomic E-state index is 1.00. The molecule has 0 bridgehead atoms. The normalized spacial score (nSPS) is 7.46. The number of hydrogen-bond acceptors (Lipinski definition) is 1. The number of hydrogen-bond donors (Lipinski definition) is 1. The quantitative estimate of drug-likeness (QED) is 0.744. The Balaban J connectivity index is 0. The predicted molar refractivity (Wildman–Crippen MR) is 59.9 cm³/mol. The summed E-state index contributed by atoms with van der Waals surface area (Å²) in [5, 5.41) is 7.00. The molecule has 0 aliphatic heterocycles. The molecule has 0 saturated heterocycles. The summed E-state index contributed by atoms with van der Waals surface area (Å²) in [6.07, 6.45) is 2.45. The topological polar surface area (TPSA) is 20.2 Å². The van der Waals surface area contributed by atoms with Crippen molar-refractivity contribution in [2.45, 2.75) is 33.6 Å². The molecule has 0 atom stereocenters. The molecule has 1 aromatic carbocycles.